The fourth-order valence-electron chi connectivity index (χ4n) is 3.85. The number of piperidine rings is 1. The summed E-state index contributed by atoms with van der Waals surface area (Å²) >= 11 is 0. The molecule has 2 heterocycles. The van der Waals surface area contributed by atoms with Crippen LogP contribution in [0.25, 0.3) is 0 Å². The first-order chi connectivity index (χ1) is 8.33. The molecule has 3 rings (SSSR count). The van der Waals surface area contributed by atoms with E-state index in [2.05, 4.69) is 10.2 Å². The third-order valence-electron chi connectivity index (χ3n) is 5.00. The molecule has 2 saturated heterocycles. The van der Waals surface area contributed by atoms with E-state index in [1.807, 2.05) is 0 Å². The molecular weight excluding hydrogens is 248 g/mol. The molecule has 2 aliphatic heterocycles. The van der Waals surface area contributed by atoms with Crippen molar-refractivity contribution in [3.63, 3.8) is 0 Å². The second-order valence-electron chi connectivity index (χ2n) is 6.16. The van der Waals surface area contributed by atoms with Crippen LogP contribution in [0, 0.1) is 17.8 Å². The maximum Gasteiger partial charge on any atom is 0.222 e. The van der Waals surface area contributed by atoms with Crippen molar-refractivity contribution in [1.29, 1.82) is 0 Å². The Bertz CT molecular complexity index is 292. The molecule has 1 aliphatic carbocycles. The van der Waals surface area contributed by atoms with Crippen molar-refractivity contribution in [3.8, 4) is 0 Å². The van der Waals surface area contributed by atoms with Gasteiger partial charge in [-0.25, -0.2) is 0 Å². The minimum Gasteiger partial charge on any atom is -0.342 e. The van der Waals surface area contributed by atoms with Crippen LogP contribution in [0.2, 0.25) is 0 Å². The van der Waals surface area contributed by atoms with Crippen LogP contribution in [0.3, 0.4) is 0 Å². The lowest BCUT2D eigenvalue weighted by Gasteiger charge is -2.35. The summed E-state index contributed by atoms with van der Waals surface area (Å²) in [4.78, 5) is 14.4. The summed E-state index contributed by atoms with van der Waals surface area (Å²) in [6.45, 7) is 4.32. The Morgan fingerprint density at radius 2 is 1.83 bits per heavy atom. The first kappa shape index (κ1) is 14.1. The van der Waals surface area contributed by atoms with E-state index in [1.165, 1.54) is 38.6 Å². The van der Waals surface area contributed by atoms with E-state index in [0.717, 1.165) is 37.9 Å². The Balaban J connectivity index is 0.00000120. The third-order valence-corrected chi connectivity index (χ3v) is 5.00. The monoisotopic (exact) mass is 272 g/mol. The Hall–Kier alpha value is -0.280. The van der Waals surface area contributed by atoms with E-state index in [9.17, 15) is 4.79 Å². The highest BCUT2D eigenvalue weighted by Gasteiger charge is 2.34. The summed E-state index contributed by atoms with van der Waals surface area (Å²) in [7, 11) is 0. The lowest BCUT2D eigenvalue weighted by atomic mass is 9.88. The number of likely N-dealkylation sites (tertiary alicyclic amines) is 1. The van der Waals surface area contributed by atoms with E-state index in [0.29, 0.717) is 11.8 Å². The Kier molecular flexibility index (Phi) is 4.91. The fourth-order valence-corrected chi connectivity index (χ4v) is 3.85. The number of nitrogens with one attached hydrogen (secondary N) is 1. The van der Waals surface area contributed by atoms with Gasteiger partial charge in [0.2, 0.25) is 5.91 Å². The molecule has 0 aromatic carbocycles. The first-order valence-corrected chi connectivity index (χ1v) is 7.31. The van der Waals surface area contributed by atoms with Crippen LogP contribution in [0.15, 0.2) is 0 Å². The fraction of sp³-hybridized carbons (Fsp3) is 0.929. The molecule has 104 valence electrons. The molecule has 3 nitrogen and oxygen atoms in total. The molecule has 0 bridgehead atoms. The second kappa shape index (κ2) is 6.25. The Morgan fingerprint density at radius 1 is 1.11 bits per heavy atom. The van der Waals surface area contributed by atoms with Gasteiger partial charge in [-0.2, -0.15) is 0 Å². The maximum atomic E-state index is 12.2. The molecule has 0 spiro atoms. The van der Waals surface area contributed by atoms with E-state index in [1.54, 1.807) is 0 Å². The van der Waals surface area contributed by atoms with Gasteiger partial charge in [-0.15, -0.1) is 12.4 Å². The molecule has 3 fully saturated rings. The van der Waals surface area contributed by atoms with Crippen LogP contribution in [0.5, 0.6) is 0 Å². The number of carbonyl (C=O) groups is 1. The van der Waals surface area contributed by atoms with Gasteiger partial charge in [0.15, 0.2) is 0 Å². The van der Waals surface area contributed by atoms with Crippen molar-refractivity contribution in [2.75, 3.05) is 26.2 Å². The summed E-state index contributed by atoms with van der Waals surface area (Å²) in [6.07, 6.45) is 7.29. The topological polar surface area (TPSA) is 32.3 Å². The van der Waals surface area contributed by atoms with E-state index >= 15 is 0 Å². The quantitative estimate of drug-likeness (QED) is 0.835. The van der Waals surface area contributed by atoms with Gasteiger partial charge in [-0.05, 0) is 50.1 Å². The molecular formula is C14H25ClN2O. The van der Waals surface area contributed by atoms with Gasteiger partial charge in [0.05, 0.1) is 0 Å². The summed E-state index contributed by atoms with van der Waals surface area (Å²) in [5.74, 6) is 2.70. The number of fused-ring (bicyclic) bond motifs is 1. The van der Waals surface area contributed by atoms with E-state index < -0.39 is 0 Å². The van der Waals surface area contributed by atoms with Crippen LogP contribution in [-0.2, 0) is 4.79 Å². The highest BCUT2D eigenvalue weighted by Crippen LogP contribution is 2.30. The van der Waals surface area contributed by atoms with Crippen molar-refractivity contribution in [1.82, 2.24) is 10.2 Å². The van der Waals surface area contributed by atoms with Crippen molar-refractivity contribution in [2.45, 2.75) is 38.5 Å². The molecule has 0 aromatic heterocycles. The smallest absolute Gasteiger partial charge is 0.222 e. The predicted molar refractivity (Wildman–Crippen MR) is 74.9 cm³/mol. The number of amides is 1. The summed E-state index contributed by atoms with van der Waals surface area (Å²) in [5, 5.41) is 3.46. The summed E-state index contributed by atoms with van der Waals surface area (Å²) < 4.78 is 0. The maximum absolute atomic E-state index is 12.2. The Morgan fingerprint density at radius 3 is 2.61 bits per heavy atom. The zero-order valence-electron chi connectivity index (χ0n) is 11.1. The van der Waals surface area contributed by atoms with Crippen LogP contribution in [-0.4, -0.2) is 37.0 Å². The number of hydrogen-bond donors (Lipinski definition) is 1. The molecule has 0 radical (unpaired) electrons. The number of rotatable bonds is 2. The molecule has 2 unspecified atom stereocenters. The van der Waals surface area contributed by atoms with Crippen molar-refractivity contribution < 1.29 is 4.79 Å². The van der Waals surface area contributed by atoms with Crippen LogP contribution in [0.4, 0.5) is 0 Å². The zero-order valence-corrected chi connectivity index (χ0v) is 11.9. The van der Waals surface area contributed by atoms with Gasteiger partial charge in [-0.1, -0.05) is 12.8 Å². The Labute approximate surface area is 116 Å². The van der Waals surface area contributed by atoms with Crippen molar-refractivity contribution >= 4 is 18.3 Å². The highest BCUT2D eigenvalue weighted by molar-refractivity contribution is 5.85. The van der Waals surface area contributed by atoms with Gasteiger partial charge in [0.25, 0.3) is 0 Å². The molecule has 1 N–H and O–H groups in total. The minimum absolute atomic E-state index is 0. The van der Waals surface area contributed by atoms with Crippen LogP contribution in [0.1, 0.15) is 38.5 Å². The molecule has 18 heavy (non-hydrogen) atoms. The highest BCUT2D eigenvalue weighted by atomic mass is 35.5. The van der Waals surface area contributed by atoms with E-state index in [4.69, 9.17) is 0 Å². The van der Waals surface area contributed by atoms with Crippen molar-refractivity contribution in [2.24, 2.45) is 17.8 Å². The summed E-state index contributed by atoms with van der Waals surface area (Å²) in [6, 6.07) is 0. The number of halogens is 1. The van der Waals surface area contributed by atoms with E-state index in [-0.39, 0.29) is 12.4 Å². The lowest BCUT2D eigenvalue weighted by Crippen LogP contribution is -2.43. The molecule has 0 aromatic rings. The molecule has 1 saturated carbocycles. The van der Waals surface area contributed by atoms with Gasteiger partial charge in [0.1, 0.15) is 0 Å². The molecule has 3 aliphatic rings. The minimum atomic E-state index is 0. The van der Waals surface area contributed by atoms with Gasteiger partial charge in [0, 0.05) is 19.5 Å². The van der Waals surface area contributed by atoms with Crippen LogP contribution >= 0.6 is 12.4 Å². The second-order valence-corrected chi connectivity index (χ2v) is 6.16. The number of nitrogens with zero attached hydrogens (tertiary/aromatic N) is 1. The van der Waals surface area contributed by atoms with Gasteiger partial charge < -0.3 is 10.2 Å². The van der Waals surface area contributed by atoms with Gasteiger partial charge >= 0.3 is 0 Å². The standard InChI is InChI=1S/C14H24N2O.ClH/c17-14(7-11-3-1-2-4-11)16-6-5-12-8-15-9-13(12)10-16;/h11-13,15H,1-10H2;1H. The predicted octanol–water partition coefficient (Wildman–Crippen LogP) is 2.06. The third kappa shape index (κ3) is 3.00. The zero-order chi connectivity index (χ0) is 11.7. The molecule has 4 heteroatoms. The van der Waals surface area contributed by atoms with Gasteiger partial charge in [-0.3, -0.25) is 4.79 Å². The van der Waals surface area contributed by atoms with Crippen LogP contribution < -0.4 is 5.32 Å². The average Bonchev–Trinajstić information content (AvgIpc) is 2.97. The number of carbonyl (C=O) groups excluding carboxylic acids is 1. The number of hydrogen-bond acceptors (Lipinski definition) is 2. The molecule has 1 amide bonds. The lowest BCUT2D eigenvalue weighted by molar-refractivity contribution is -0.134. The SMILES string of the molecule is Cl.O=C(CC1CCCC1)N1CCC2CNCC2C1. The largest absolute Gasteiger partial charge is 0.342 e. The average molecular weight is 273 g/mol. The summed E-state index contributed by atoms with van der Waals surface area (Å²) in [5.41, 5.74) is 0. The van der Waals surface area contributed by atoms with Crippen molar-refractivity contribution in [3.05, 3.63) is 0 Å². The molecule has 2 atom stereocenters. The first-order valence-electron chi connectivity index (χ1n) is 7.31. The normalized spacial score (nSPS) is 32.1.